The van der Waals surface area contributed by atoms with E-state index in [0.29, 0.717) is 6.04 Å². The molecule has 2 heteroatoms. The second-order valence-corrected chi connectivity index (χ2v) is 6.24. The van der Waals surface area contributed by atoms with Crippen LogP contribution in [-0.2, 0) is 6.54 Å². The van der Waals surface area contributed by atoms with Crippen molar-refractivity contribution in [3.63, 3.8) is 0 Å². The van der Waals surface area contributed by atoms with E-state index >= 15 is 0 Å². The Bertz CT molecular complexity index is 592. The Balaban J connectivity index is 2.19. The van der Waals surface area contributed by atoms with Crippen molar-refractivity contribution in [3.05, 3.63) is 65.2 Å². The minimum absolute atomic E-state index is 0.410. The van der Waals surface area contributed by atoms with Gasteiger partial charge in [0, 0.05) is 24.8 Å². The molecule has 0 saturated heterocycles. The van der Waals surface area contributed by atoms with Crippen LogP contribution in [0.3, 0.4) is 0 Å². The lowest BCUT2D eigenvalue weighted by molar-refractivity contribution is 0.202. The lowest BCUT2D eigenvalue weighted by atomic mass is 10.0. The molecule has 0 aromatic heterocycles. The number of nitrogens with zero attached hydrogens (tertiary/aromatic N) is 1. The summed E-state index contributed by atoms with van der Waals surface area (Å²) in [6.07, 6.45) is 1.17. The normalized spacial score (nSPS) is 12.4. The molecule has 0 unspecified atom stereocenters. The lowest BCUT2D eigenvalue weighted by Crippen LogP contribution is -2.27. The van der Waals surface area contributed by atoms with E-state index in [0.717, 1.165) is 19.6 Å². The fourth-order valence-electron chi connectivity index (χ4n) is 3.01. The third kappa shape index (κ3) is 4.84. The van der Waals surface area contributed by atoms with Crippen molar-refractivity contribution >= 4 is 5.69 Å². The fraction of sp³-hybridized carbons (Fsp3) is 0.429. The number of benzene rings is 2. The van der Waals surface area contributed by atoms with Crippen LogP contribution in [0.15, 0.2) is 48.5 Å². The minimum atomic E-state index is 0.410. The van der Waals surface area contributed by atoms with Crippen molar-refractivity contribution in [3.8, 4) is 0 Å². The molecule has 23 heavy (non-hydrogen) atoms. The zero-order valence-electron chi connectivity index (χ0n) is 15.0. The number of hydrogen-bond acceptors (Lipinski definition) is 2. The molecule has 1 atom stereocenters. The van der Waals surface area contributed by atoms with Crippen molar-refractivity contribution in [2.75, 3.05) is 18.4 Å². The summed E-state index contributed by atoms with van der Waals surface area (Å²) in [5, 5.41) is 3.47. The molecule has 0 aliphatic carbocycles. The van der Waals surface area contributed by atoms with Gasteiger partial charge in [0.1, 0.15) is 0 Å². The summed E-state index contributed by atoms with van der Waals surface area (Å²) in [6, 6.07) is 18.0. The Hall–Kier alpha value is -1.80. The van der Waals surface area contributed by atoms with Gasteiger partial charge in [-0.1, -0.05) is 49.4 Å². The standard InChI is InChI=1S/C21H30N2/c1-5-14-23(16-19-10-8-7-9-11-19)18(4)20-13-12-17(3)21(15-20)22-6-2/h7-13,15,18,22H,5-6,14,16H2,1-4H3/t18-/m0/s1. The average molecular weight is 310 g/mol. The van der Waals surface area contributed by atoms with Gasteiger partial charge in [0.2, 0.25) is 0 Å². The van der Waals surface area contributed by atoms with Crippen molar-refractivity contribution in [1.82, 2.24) is 4.90 Å². The van der Waals surface area contributed by atoms with Gasteiger partial charge in [0.25, 0.3) is 0 Å². The quantitative estimate of drug-likeness (QED) is 0.702. The second kappa shape index (κ2) is 8.73. The van der Waals surface area contributed by atoms with Crippen LogP contribution in [0.4, 0.5) is 5.69 Å². The largest absolute Gasteiger partial charge is 0.385 e. The molecule has 2 rings (SSSR count). The molecule has 1 N–H and O–H groups in total. The molecular weight excluding hydrogens is 280 g/mol. The molecule has 0 fully saturated rings. The van der Waals surface area contributed by atoms with Crippen LogP contribution in [0.5, 0.6) is 0 Å². The zero-order chi connectivity index (χ0) is 16.7. The number of rotatable bonds is 8. The fourth-order valence-corrected chi connectivity index (χ4v) is 3.01. The highest BCUT2D eigenvalue weighted by molar-refractivity contribution is 5.53. The SMILES string of the molecule is CCCN(Cc1ccccc1)[C@@H](C)c1ccc(C)c(NCC)c1. The van der Waals surface area contributed by atoms with Gasteiger partial charge < -0.3 is 5.32 Å². The molecule has 2 nitrogen and oxygen atoms in total. The smallest absolute Gasteiger partial charge is 0.0373 e. The summed E-state index contributed by atoms with van der Waals surface area (Å²) < 4.78 is 0. The Kier molecular flexibility index (Phi) is 6.66. The van der Waals surface area contributed by atoms with Gasteiger partial charge in [-0.2, -0.15) is 0 Å². The first-order valence-corrected chi connectivity index (χ1v) is 8.78. The maximum atomic E-state index is 3.47. The second-order valence-electron chi connectivity index (χ2n) is 6.24. The first-order valence-electron chi connectivity index (χ1n) is 8.78. The Morgan fingerprint density at radius 1 is 1.04 bits per heavy atom. The number of aryl methyl sites for hydroxylation is 1. The lowest BCUT2D eigenvalue weighted by Gasteiger charge is -2.30. The van der Waals surface area contributed by atoms with E-state index in [-0.39, 0.29) is 0 Å². The highest BCUT2D eigenvalue weighted by Crippen LogP contribution is 2.26. The molecule has 0 aliphatic heterocycles. The maximum absolute atomic E-state index is 3.47. The molecule has 0 amide bonds. The number of hydrogen-bond donors (Lipinski definition) is 1. The molecular formula is C21H30N2. The summed E-state index contributed by atoms with van der Waals surface area (Å²) >= 11 is 0. The molecule has 0 aliphatic rings. The molecule has 2 aromatic carbocycles. The van der Waals surface area contributed by atoms with Crippen LogP contribution in [0.2, 0.25) is 0 Å². The molecule has 0 spiro atoms. The number of anilines is 1. The highest BCUT2D eigenvalue weighted by Gasteiger charge is 2.16. The van der Waals surface area contributed by atoms with Crippen LogP contribution in [-0.4, -0.2) is 18.0 Å². The minimum Gasteiger partial charge on any atom is -0.385 e. The van der Waals surface area contributed by atoms with E-state index in [1.54, 1.807) is 0 Å². The first-order chi connectivity index (χ1) is 11.2. The van der Waals surface area contributed by atoms with Crippen LogP contribution in [0.1, 0.15) is 49.9 Å². The highest BCUT2D eigenvalue weighted by atomic mass is 15.1. The van der Waals surface area contributed by atoms with Crippen LogP contribution >= 0.6 is 0 Å². The van der Waals surface area contributed by atoms with Crippen LogP contribution in [0.25, 0.3) is 0 Å². The molecule has 124 valence electrons. The maximum Gasteiger partial charge on any atom is 0.0373 e. The van der Waals surface area contributed by atoms with Gasteiger partial charge >= 0.3 is 0 Å². The predicted octanol–water partition coefficient (Wildman–Crippen LogP) is 5.40. The molecule has 2 aromatic rings. The summed E-state index contributed by atoms with van der Waals surface area (Å²) in [6.45, 7) is 12.0. The van der Waals surface area contributed by atoms with Gasteiger partial charge in [-0.15, -0.1) is 0 Å². The van der Waals surface area contributed by atoms with E-state index in [2.05, 4.69) is 86.4 Å². The van der Waals surface area contributed by atoms with Crippen LogP contribution < -0.4 is 5.32 Å². The third-order valence-corrected chi connectivity index (χ3v) is 4.40. The van der Waals surface area contributed by atoms with E-state index in [1.807, 2.05) is 0 Å². The Labute approximate surface area is 141 Å². The van der Waals surface area contributed by atoms with Gasteiger partial charge in [0.05, 0.1) is 0 Å². The number of nitrogens with one attached hydrogen (secondary N) is 1. The summed E-state index contributed by atoms with van der Waals surface area (Å²) in [5.41, 5.74) is 5.34. The molecule has 0 heterocycles. The summed E-state index contributed by atoms with van der Waals surface area (Å²) in [7, 11) is 0. The van der Waals surface area contributed by atoms with Crippen molar-refractivity contribution < 1.29 is 0 Å². The van der Waals surface area contributed by atoms with E-state index in [4.69, 9.17) is 0 Å². The van der Waals surface area contributed by atoms with Crippen molar-refractivity contribution in [2.24, 2.45) is 0 Å². The first kappa shape index (κ1) is 17.6. The van der Waals surface area contributed by atoms with Gasteiger partial charge in [-0.05, 0) is 56.5 Å². The monoisotopic (exact) mass is 310 g/mol. The van der Waals surface area contributed by atoms with Crippen molar-refractivity contribution in [2.45, 2.75) is 46.7 Å². The van der Waals surface area contributed by atoms with Crippen molar-refractivity contribution in [1.29, 1.82) is 0 Å². The average Bonchev–Trinajstić information content (AvgIpc) is 2.57. The van der Waals surface area contributed by atoms with E-state index in [9.17, 15) is 0 Å². The van der Waals surface area contributed by atoms with E-state index < -0.39 is 0 Å². The zero-order valence-corrected chi connectivity index (χ0v) is 15.0. The van der Waals surface area contributed by atoms with E-state index in [1.165, 1.54) is 28.8 Å². The molecule has 0 bridgehead atoms. The molecule has 0 radical (unpaired) electrons. The summed E-state index contributed by atoms with van der Waals surface area (Å²) in [5.74, 6) is 0. The summed E-state index contributed by atoms with van der Waals surface area (Å²) in [4.78, 5) is 2.57. The Morgan fingerprint density at radius 3 is 2.43 bits per heavy atom. The third-order valence-electron chi connectivity index (χ3n) is 4.40. The van der Waals surface area contributed by atoms with Gasteiger partial charge in [-0.3, -0.25) is 4.90 Å². The van der Waals surface area contributed by atoms with Gasteiger partial charge in [0.15, 0.2) is 0 Å². The van der Waals surface area contributed by atoms with Crippen LogP contribution in [0, 0.1) is 6.92 Å². The van der Waals surface area contributed by atoms with Gasteiger partial charge in [-0.25, -0.2) is 0 Å². The Morgan fingerprint density at radius 2 is 1.78 bits per heavy atom. The topological polar surface area (TPSA) is 15.3 Å². The molecule has 0 saturated carbocycles. The predicted molar refractivity (Wildman–Crippen MR) is 101 cm³/mol.